The van der Waals surface area contributed by atoms with Crippen LogP contribution in [0.4, 0.5) is 0 Å². The quantitative estimate of drug-likeness (QED) is 0.620. The Kier molecular flexibility index (Phi) is 2.86. The van der Waals surface area contributed by atoms with E-state index in [1.165, 1.54) is 0 Å². The van der Waals surface area contributed by atoms with Gasteiger partial charge in [0.15, 0.2) is 0 Å². The molecule has 0 bridgehead atoms. The molecule has 0 saturated heterocycles. The summed E-state index contributed by atoms with van der Waals surface area (Å²) < 4.78 is 1.95. The molecule has 0 aliphatic rings. The van der Waals surface area contributed by atoms with Gasteiger partial charge in [-0.1, -0.05) is 24.8 Å². The first-order chi connectivity index (χ1) is 5.72. The van der Waals surface area contributed by atoms with Crippen LogP contribution in [0.15, 0.2) is 37.3 Å². The topological polar surface area (TPSA) is 17.8 Å². The van der Waals surface area contributed by atoms with E-state index < -0.39 is 0 Å². The normalized spacial score (nSPS) is 9.75. The number of aromatic nitrogens is 2. The number of imidazole rings is 1. The Bertz CT molecular complexity index is 284. The van der Waals surface area contributed by atoms with Gasteiger partial charge in [-0.2, -0.15) is 0 Å². The van der Waals surface area contributed by atoms with Crippen LogP contribution in [-0.2, 0) is 13.5 Å². The summed E-state index contributed by atoms with van der Waals surface area (Å²) >= 11 is 0. The minimum Gasteiger partial charge on any atom is -0.340 e. The molecule has 0 fully saturated rings. The predicted molar refractivity (Wildman–Crippen MR) is 50.9 cm³/mol. The molecule has 0 unspecified atom stereocenters. The Hall–Kier alpha value is -1.31. The molecule has 2 nitrogen and oxygen atoms in total. The largest absolute Gasteiger partial charge is 0.340 e. The van der Waals surface area contributed by atoms with Crippen molar-refractivity contribution in [3.8, 4) is 0 Å². The molecule has 0 radical (unpaired) electrons. The first kappa shape index (κ1) is 8.78. The van der Waals surface area contributed by atoms with Crippen molar-refractivity contribution in [3.63, 3.8) is 0 Å². The van der Waals surface area contributed by atoms with Crippen LogP contribution in [0.5, 0.6) is 0 Å². The molecule has 1 rings (SSSR count). The van der Waals surface area contributed by atoms with Gasteiger partial charge in [-0.15, -0.1) is 0 Å². The maximum atomic E-state index is 4.21. The summed E-state index contributed by atoms with van der Waals surface area (Å²) in [6.07, 6.45) is 7.53. The van der Waals surface area contributed by atoms with Gasteiger partial charge in [-0.25, -0.2) is 4.98 Å². The maximum Gasteiger partial charge on any atom is 0.0946 e. The van der Waals surface area contributed by atoms with Crippen LogP contribution in [0.2, 0.25) is 0 Å². The molecule has 1 aromatic heterocycles. The van der Waals surface area contributed by atoms with Crippen molar-refractivity contribution >= 4 is 0 Å². The zero-order chi connectivity index (χ0) is 8.97. The van der Waals surface area contributed by atoms with Crippen molar-refractivity contribution in [1.82, 2.24) is 9.55 Å². The molecular weight excluding hydrogens is 148 g/mol. The molecule has 0 amide bonds. The van der Waals surface area contributed by atoms with E-state index in [2.05, 4.69) is 18.1 Å². The second-order valence-corrected chi connectivity index (χ2v) is 2.89. The van der Waals surface area contributed by atoms with Gasteiger partial charge in [0, 0.05) is 13.2 Å². The van der Waals surface area contributed by atoms with E-state index in [4.69, 9.17) is 0 Å². The second-order valence-electron chi connectivity index (χ2n) is 2.89. The summed E-state index contributed by atoms with van der Waals surface area (Å²) in [4.78, 5) is 4.21. The molecule has 0 aliphatic heterocycles. The van der Waals surface area contributed by atoms with Crippen molar-refractivity contribution in [2.75, 3.05) is 0 Å². The number of hydrogen-bond acceptors (Lipinski definition) is 1. The fraction of sp³-hybridized carbons (Fsp3) is 0.300. The number of hydrogen-bond donors (Lipinski definition) is 0. The molecule has 0 atom stereocenters. The highest BCUT2D eigenvalue weighted by Crippen LogP contribution is 2.05. The number of nitrogens with zero attached hydrogens (tertiary/aromatic N) is 2. The smallest absolute Gasteiger partial charge is 0.0946 e. The van der Waals surface area contributed by atoms with E-state index in [-0.39, 0.29) is 0 Å². The van der Waals surface area contributed by atoms with Crippen molar-refractivity contribution in [3.05, 3.63) is 43.0 Å². The molecule has 0 spiro atoms. The van der Waals surface area contributed by atoms with Crippen molar-refractivity contribution < 1.29 is 0 Å². The molecule has 1 heterocycles. The molecule has 0 N–H and O–H groups in total. The van der Waals surface area contributed by atoms with E-state index in [9.17, 15) is 0 Å². The first-order valence-electron chi connectivity index (χ1n) is 3.99. The molecule has 1 aromatic rings. The summed E-state index contributed by atoms with van der Waals surface area (Å²) in [5.41, 5.74) is 2.18. The molecule has 64 valence electrons. The Labute approximate surface area is 73.2 Å². The molecular formula is C10H14N2. The summed E-state index contributed by atoms with van der Waals surface area (Å²) in [7, 11) is 1.97. The summed E-state index contributed by atoms with van der Waals surface area (Å²) in [6, 6.07) is 0. The fourth-order valence-corrected chi connectivity index (χ4v) is 0.987. The van der Waals surface area contributed by atoms with Gasteiger partial charge in [-0.3, -0.25) is 0 Å². The minimum atomic E-state index is 0.945. The SMILES string of the molecule is C=CC(=C)CCc1cn(C)cn1. The Morgan fingerprint density at radius 3 is 3.00 bits per heavy atom. The third-order valence-corrected chi connectivity index (χ3v) is 1.75. The molecule has 0 saturated carbocycles. The first-order valence-corrected chi connectivity index (χ1v) is 3.99. The van der Waals surface area contributed by atoms with Gasteiger partial charge in [0.25, 0.3) is 0 Å². The van der Waals surface area contributed by atoms with Gasteiger partial charge in [-0.05, 0) is 12.8 Å². The van der Waals surface area contributed by atoms with Gasteiger partial charge in [0.05, 0.1) is 12.0 Å². The zero-order valence-electron chi connectivity index (χ0n) is 7.45. The van der Waals surface area contributed by atoms with Crippen molar-refractivity contribution in [2.24, 2.45) is 7.05 Å². The molecule has 0 aliphatic carbocycles. The summed E-state index contributed by atoms with van der Waals surface area (Å²) in [6.45, 7) is 7.50. The highest BCUT2D eigenvalue weighted by atomic mass is 15.0. The highest BCUT2D eigenvalue weighted by molar-refractivity contribution is 5.12. The summed E-state index contributed by atoms with van der Waals surface area (Å²) in [5, 5.41) is 0. The standard InChI is InChI=1S/C10H14N2/c1-4-9(2)5-6-10-7-12(3)8-11-10/h4,7-8H,1-2,5-6H2,3H3. The van der Waals surface area contributed by atoms with Gasteiger partial charge < -0.3 is 4.57 Å². The van der Waals surface area contributed by atoms with E-state index in [1.54, 1.807) is 6.08 Å². The third kappa shape index (κ3) is 2.38. The fourth-order valence-electron chi connectivity index (χ4n) is 0.987. The van der Waals surface area contributed by atoms with Crippen LogP contribution < -0.4 is 0 Å². The van der Waals surface area contributed by atoms with Gasteiger partial charge >= 0.3 is 0 Å². The van der Waals surface area contributed by atoms with Gasteiger partial charge in [0.2, 0.25) is 0 Å². The van der Waals surface area contributed by atoms with Crippen LogP contribution in [-0.4, -0.2) is 9.55 Å². The van der Waals surface area contributed by atoms with E-state index >= 15 is 0 Å². The Morgan fingerprint density at radius 2 is 2.50 bits per heavy atom. The average Bonchev–Trinajstić information content (AvgIpc) is 2.47. The Morgan fingerprint density at radius 1 is 1.75 bits per heavy atom. The lowest BCUT2D eigenvalue weighted by Gasteiger charge is -1.95. The van der Waals surface area contributed by atoms with Crippen LogP contribution in [0.3, 0.4) is 0 Å². The highest BCUT2D eigenvalue weighted by Gasteiger charge is 1.96. The predicted octanol–water partition coefficient (Wildman–Crippen LogP) is 2.09. The lowest BCUT2D eigenvalue weighted by molar-refractivity contribution is 0.906. The lowest BCUT2D eigenvalue weighted by atomic mass is 10.1. The van der Waals surface area contributed by atoms with Crippen molar-refractivity contribution in [2.45, 2.75) is 12.8 Å². The zero-order valence-corrected chi connectivity index (χ0v) is 7.45. The monoisotopic (exact) mass is 162 g/mol. The lowest BCUT2D eigenvalue weighted by Crippen LogP contribution is -1.86. The van der Waals surface area contributed by atoms with E-state index in [0.29, 0.717) is 0 Å². The van der Waals surface area contributed by atoms with Gasteiger partial charge in [0.1, 0.15) is 0 Å². The molecule has 2 heteroatoms. The van der Waals surface area contributed by atoms with Crippen LogP contribution in [0.25, 0.3) is 0 Å². The number of aryl methyl sites for hydroxylation is 2. The van der Waals surface area contributed by atoms with Crippen LogP contribution >= 0.6 is 0 Å². The Balaban J connectivity index is 2.43. The number of rotatable bonds is 4. The molecule has 12 heavy (non-hydrogen) atoms. The van der Waals surface area contributed by atoms with Crippen molar-refractivity contribution in [1.29, 1.82) is 0 Å². The molecule has 0 aromatic carbocycles. The van der Waals surface area contributed by atoms with Crippen LogP contribution in [0.1, 0.15) is 12.1 Å². The number of allylic oxidation sites excluding steroid dienone is 2. The third-order valence-electron chi connectivity index (χ3n) is 1.75. The summed E-state index contributed by atoms with van der Waals surface area (Å²) in [5.74, 6) is 0. The van der Waals surface area contributed by atoms with E-state index in [0.717, 1.165) is 24.1 Å². The minimum absolute atomic E-state index is 0.945. The average molecular weight is 162 g/mol. The maximum absolute atomic E-state index is 4.21. The van der Waals surface area contributed by atoms with E-state index in [1.807, 2.05) is 24.1 Å². The second kappa shape index (κ2) is 3.90. The van der Waals surface area contributed by atoms with Crippen LogP contribution in [0, 0.1) is 0 Å².